The molecule has 1 heterocycles. The topological polar surface area (TPSA) is 15.3 Å². The first-order valence-corrected chi connectivity index (χ1v) is 8.29. The van der Waals surface area contributed by atoms with E-state index in [1.165, 1.54) is 49.8 Å². The van der Waals surface area contributed by atoms with E-state index in [1.54, 1.807) is 0 Å². The van der Waals surface area contributed by atoms with E-state index in [2.05, 4.69) is 48.5 Å². The largest absolute Gasteiger partial charge is 0.383 e. The smallest absolute Gasteiger partial charge is 0.0373 e. The molecule has 2 nitrogen and oxygen atoms in total. The third-order valence-corrected chi connectivity index (χ3v) is 5.46. The van der Waals surface area contributed by atoms with Crippen molar-refractivity contribution in [3.05, 3.63) is 29.8 Å². The minimum Gasteiger partial charge on any atom is -0.383 e. The first-order valence-electron chi connectivity index (χ1n) is 8.29. The molecule has 0 saturated heterocycles. The van der Waals surface area contributed by atoms with Crippen molar-refractivity contribution in [2.75, 3.05) is 18.9 Å². The maximum atomic E-state index is 3.67. The van der Waals surface area contributed by atoms with E-state index in [9.17, 15) is 0 Å². The first-order chi connectivity index (χ1) is 9.75. The fourth-order valence-electron chi connectivity index (χ4n) is 4.08. The van der Waals surface area contributed by atoms with Crippen molar-refractivity contribution in [2.45, 2.75) is 57.5 Å². The number of benzene rings is 1. The molecule has 0 aromatic heterocycles. The number of likely N-dealkylation sites (N-methyl/N-ethyl adjacent to an activating group) is 1. The quantitative estimate of drug-likeness (QED) is 0.877. The van der Waals surface area contributed by atoms with Crippen molar-refractivity contribution in [1.82, 2.24) is 4.90 Å². The van der Waals surface area contributed by atoms with Crippen molar-refractivity contribution in [2.24, 2.45) is 5.92 Å². The molecule has 2 aliphatic rings. The summed E-state index contributed by atoms with van der Waals surface area (Å²) in [5, 5.41) is 3.67. The van der Waals surface area contributed by atoms with Crippen LogP contribution >= 0.6 is 0 Å². The second-order valence-corrected chi connectivity index (χ2v) is 6.73. The Balaban J connectivity index is 1.67. The van der Waals surface area contributed by atoms with Gasteiger partial charge in [-0.3, -0.25) is 4.90 Å². The van der Waals surface area contributed by atoms with Gasteiger partial charge in [0.15, 0.2) is 0 Å². The summed E-state index contributed by atoms with van der Waals surface area (Å²) < 4.78 is 0. The lowest BCUT2D eigenvalue weighted by molar-refractivity contribution is 0.0977. The number of aryl methyl sites for hydroxylation is 1. The molecule has 0 radical (unpaired) electrons. The fourth-order valence-corrected chi connectivity index (χ4v) is 4.08. The molecule has 3 rings (SSSR count). The molecule has 1 fully saturated rings. The minimum atomic E-state index is 0.674. The van der Waals surface area contributed by atoms with Crippen molar-refractivity contribution >= 4 is 5.69 Å². The Morgan fingerprint density at radius 2 is 1.90 bits per heavy atom. The van der Waals surface area contributed by atoms with Crippen molar-refractivity contribution in [3.8, 4) is 0 Å². The van der Waals surface area contributed by atoms with Gasteiger partial charge in [-0.15, -0.1) is 0 Å². The van der Waals surface area contributed by atoms with Crippen LogP contribution in [0.15, 0.2) is 24.3 Å². The SMILES string of the molecule is CC1CCCCC1N(C)C1CCc2ccccc2NC1. The number of hydrogen-bond donors (Lipinski definition) is 1. The molecule has 3 unspecified atom stereocenters. The highest BCUT2D eigenvalue weighted by Crippen LogP contribution is 2.30. The van der Waals surface area contributed by atoms with Gasteiger partial charge in [0.05, 0.1) is 0 Å². The van der Waals surface area contributed by atoms with Gasteiger partial charge in [-0.2, -0.15) is 0 Å². The summed E-state index contributed by atoms with van der Waals surface area (Å²) in [6, 6.07) is 10.3. The predicted octanol–water partition coefficient (Wildman–Crippen LogP) is 3.92. The van der Waals surface area contributed by atoms with Crippen molar-refractivity contribution in [3.63, 3.8) is 0 Å². The van der Waals surface area contributed by atoms with E-state index in [0.29, 0.717) is 6.04 Å². The third kappa shape index (κ3) is 2.85. The molecule has 110 valence electrons. The first kappa shape index (κ1) is 13.9. The molecule has 1 aromatic carbocycles. The van der Waals surface area contributed by atoms with Crippen LogP contribution in [0.2, 0.25) is 0 Å². The summed E-state index contributed by atoms with van der Waals surface area (Å²) >= 11 is 0. The molecule has 3 atom stereocenters. The van der Waals surface area contributed by atoms with Crippen LogP contribution in [0.1, 0.15) is 44.6 Å². The lowest BCUT2D eigenvalue weighted by atomic mass is 9.84. The number of hydrogen-bond acceptors (Lipinski definition) is 2. The van der Waals surface area contributed by atoms with Gasteiger partial charge in [0.1, 0.15) is 0 Å². The molecule has 1 N–H and O–H groups in total. The molecule has 1 aliphatic heterocycles. The zero-order valence-electron chi connectivity index (χ0n) is 12.9. The maximum Gasteiger partial charge on any atom is 0.0373 e. The molecule has 1 aromatic rings. The number of fused-ring (bicyclic) bond motifs is 1. The van der Waals surface area contributed by atoms with Crippen molar-refractivity contribution < 1.29 is 0 Å². The monoisotopic (exact) mass is 272 g/mol. The van der Waals surface area contributed by atoms with E-state index in [0.717, 1.165) is 18.5 Å². The van der Waals surface area contributed by atoms with E-state index >= 15 is 0 Å². The average Bonchev–Trinajstić information content (AvgIpc) is 2.70. The molecule has 1 aliphatic carbocycles. The highest BCUT2D eigenvalue weighted by atomic mass is 15.2. The Morgan fingerprint density at radius 1 is 1.10 bits per heavy atom. The number of para-hydroxylation sites is 1. The Hall–Kier alpha value is -1.02. The maximum absolute atomic E-state index is 3.67. The van der Waals surface area contributed by atoms with Crippen LogP contribution in [0.4, 0.5) is 5.69 Å². The van der Waals surface area contributed by atoms with E-state index in [1.807, 2.05) is 0 Å². The molecular formula is C18H28N2. The van der Waals surface area contributed by atoms with Crippen LogP contribution in [0.3, 0.4) is 0 Å². The van der Waals surface area contributed by atoms with Crippen LogP contribution in [0.5, 0.6) is 0 Å². The van der Waals surface area contributed by atoms with Gasteiger partial charge in [0.2, 0.25) is 0 Å². The Kier molecular flexibility index (Phi) is 4.30. The van der Waals surface area contributed by atoms with Crippen LogP contribution in [0.25, 0.3) is 0 Å². The molecule has 2 heteroatoms. The molecule has 20 heavy (non-hydrogen) atoms. The predicted molar refractivity (Wildman–Crippen MR) is 86.2 cm³/mol. The molecule has 0 spiro atoms. The zero-order valence-corrected chi connectivity index (χ0v) is 12.9. The standard InChI is InChI=1S/C18H28N2/c1-14-7-3-6-10-18(14)20(2)16-12-11-15-8-4-5-9-17(15)19-13-16/h4-5,8-9,14,16,18-19H,3,6-7,10-13H2,1-2H3. The molecule has 0 amide bonds. The Labute approximate surface area is 123 Å². The van der Waals surface area contributed by atoms with Crippen molar-refractivity contribution in [1.29, 1.82) is 0 Å². The van der Waals surface area contributed by atoms with Gasteiger partial charge < -0.3 is 5.32 Å². The minimum absolute atomic E-state index is 0.674. The summed E-state index contributed by atoms with van der Waals surface area (Å²) in [5.74, 6) is 0.861. The number of anilines is 1. The lowest BCUT2D eigenvalue weighted by Crippen LogP contribution is -2.47. The lowest BCUT2D eigenvalue weighted by Gasteiger charge is -2.40. The highest BCUT2D eigenvalue weighted by Gasteiger charge is 2.30. The summed E-state index contributed by atoms with van der Waals surface area (Å²) in [5.41, 5.74) is 2.83. The fraction of sp³-hybridized carbons (Fsp3) is 0.667. The van der Waals surface area contributed by atoms with Crippen LogP contribution in [0, 0.1) is 5.92 Å². The summed E-state index contributed by atoms with van der Waals surface area (Å²) in [7, 11) is 2.36. The van der Waals surface area contributed by atoms with Gasteiger partial charge >= 0.3 is 0 Å². The van der Waals surface area contributed by atoms with E-state index < -0.39 is 0 Å². The van der Waals surface area contributed by atoms with Crippen LogP contribution in [-0.4, -0.2) is 30.6 Å². The Morgan fingerprint density at radius 3 is 2.75 bits per heavy atom. The van der Waals surface area contributed by atoms with Gasteiger partial charge in [-0.05, 0) is 50.3 Å². The number of rotatable bonds is 2. The molecule has 0 bridgehead atoms. The normalized spacial score (nSPS) is 30.4. The van der Waals surface area contributed by atoms with E-state index in [-0.39, 0.29) is 0 Å². The van der Waals surface area contributed by atoms with Gasteiger partial charge in [-0.1, -0.05) is 38.0 Å². The van der Waals surface area contributed by atoms with Gasteiger partial charge in [0, 0.05) is 24.3 Å². The van der Waals surface area contributed by atoms with Gasteiger partial charge in [-0.25, -0.2) is 0 Å². The molecule has 1 saturated carbocycles. The third-order valence-electron chi connectivity index (χ3n) is 5.46. The summed E-state index contributed by atoms with van der Waals surface area (Å²) in [4.78, 5) is 2.68. The highest BCUT2D eigenvalue weighted by molar-refractivity contribution is 5.52. The average molecular weight is 272 g/mol. The molecular weight excluding hydrogens is 244 g/mol. The second-order valence-electron chi connectivity index (χ2n) is 6.73. The Bertz CT molecular complexity index is 416. The van der Waals surface area contributed by atoms with Crippen LogP contribution < -0.4 is 5.32 Å². The summed E-state index contributed by atoms with van der Waals surface area (Å²) in [6.07, 6.45) is 8.14. The zero-order chi connectivity index (χ0) is 13.9. The van der Waals surface area contributed by atoms with Crippen LogP contribution in [-0.2, 0) is 6.42 Å². The van der Waals surface area contributed by atoms with E-state index in [4.69, 9.17) is 0 Å². The van der Waals surface area contributed by atoms with Gasteiger partial charge in [0.25, 0.3) is 0 Å². The second kappa shape index (κ2) is 6.17. The number of nitrogens with one attached hydrogen (secondary N) is 1. The summed E-state index contributed by atoms with van der Waals surface area (Å²) in [6.45, 7) is 3.54. The number of nitrogens with zero attached hydrogens (tertiary/aromatic N) is 1.